The summed E-state index contributed by atoms with van der Waals surface area (Å²) in [6.07, 6.45) is 11.2. The van der Waals surface area contributed by atoms with E-state index in [1.54, 1.807) is 0 Å². The molecule has 0 atom stereocenters. The molecule has 1 aliphatic rings. The first-order valence-corrected chi connectivity index (χ1v) is 9.29. The first-order valence-electron chi connectivity index (χ1n) is 9.29. The van der Waals surface area contributed by atoms with Crippen molar-refractivity contribution in [2.75, 3.05) is 32.7 Å². The van der Waals surface area contributed by atoms with Crippen molar-refractivity contribution in [1.29, 1.82) is 0 Å². The van der Waals surface area contributed by atoms with E-state index in [4.69, 9.17) is 5.73 Å². The molecule has 23 heavy (non-hydrogen) atoms. The average Bonchev–Trinajstić information content (AvgIpc) is 2.55. The normalized spacial score (nSPS) is 16.3. The second kappa shape index (κ2) is 13.2. The minimum Gasteiger partial charge on any atom is -0.370 e. The van der Waals surface area contributed by atoms with Crippen molar-refractivity contribution in [3.8, 4) is 0 Å². The highest BCUT2D eigenvalue weighted by Gasteiger charge is 2.09. The molecule has 4 N–H and O–H groups in total. The highest BCUT2D eigenvalue weighted by Crippen LogP contribution is 2.07. The van der Waals surface area contributed by atoms with Gasteiger partial charge in [0, 0.05) is 13.1 Å². The third kappa shape index (κ3) is 11.0. The van der Waals surface area contributed by atoms with E-state index in [2.05, 4.69) is 27.4 Å². The van der Waals surface area contributed by atoms with Crippen LogP contribution in [0.2, 0.25) is 0 Å². The maximum Gasteiger partial charge on any atom is 0.321 e. The van der Waals surface area contributed by atoms with E-state index in [1.165, 1.54) is 51.4 Å². The molecule has 6 heteroatoms. The summed E-state index contributed by atoms with van der Waals surface area (Å²) in [6, 6.07) is -0.252. The number of amides is 2. The van der Waals surface area contributed by atoms with Gasteiger partial charge in [0.2, 0.25) is 0 Å². The molecule has 0 bridgehead atoms. The predicted octanol–water partition coefficient (Wildman–Crippen LogP) is 2.45. The Morgan fingerprint density at radius 3 is 2.52 bits per heavy atom. The summed E-state index contributed by atoms with van der Waals surface area (Å²) in [7, 11) is 0. The number of aliphatic imine (C=N–C) groups is 1. The fourth-order valence-electron chi connectivity index (χ4n) is 2.80. The Labute approximate surface area is 141 Å². The summed E-state index contributed by atoms with van der Waals surface area (Å²) in [5.41, 5.74) is 5.74. The van der Waals surface area contributed by atoms with Crippen LogP contribution in [0.4, 0.5) is 4.79 Å². The average molecular weight is 326 g/mol. The number of nitrogens with one attached hydrogen (secondary N) is 2. The Bertz CT molecular complexity index is 340. The molecule has 1 fully saturated rings. The molecule has 0 unspecified atom stereocenters. The summed E-state index contributed by atoms with van der Waals surface area (Å²) < 4.78 is 0. The first kappa shape index (κ1) is 19.7. The molecule has 0 aromatic heterocycles. The number of likely N-dealkylation sites (tertiary alicyclic amines) is 1. The molecule has 6 nitrogen and oxygen atoms in total. The van der Waals surface area contributed by atoms with Crippen molar-refractivity contribution in [1.82, 2.24) is 15.5 Å². The van der Waals surface area contributed by atoms with E-state index in [9.17, 15) is 4.79 Å². The van der Waals surface area contributed by atoms with Crippen molar-refractivity contribution in [3.05, 3.63) is 0 Å². The minimum atomic E-state index is -0.252. The summed E-state index contributed by atoms with van der Waals surface area (Å²) in [5.74, 6) is 0.211. The van der Waals surface area contributed by atoms with Crippen LogP contribution in [0.3, 0.4) is 0 Å². The van der Waals surface area contributed by atoms with E-state index in [0.717, 1.165) is 26.1 Å². The lowest BCUT2D eigenvalue weighted by molar-refractivity contribution is 0.235. The van der Waals surface area contributed by atoms with Crippen molar-refractivity contribution >= 4 is 12.0 Å². The Morgan fingerprint density at radius 2 is 1.78 bits per heavy atom. The SMILES string of the molecule is CCCCCCCCNC(=O)NC(N)=NCCN1CCCCC1. The van der Waals surface area contributed by atoms with Gasteiger partial charge in [-0.25, -0.2) is 4.79 Å². The van der Waals surface area contributed by atoms with E-state index in [-0.39, 0.29) is 12.0 Å². The van der Waals surface area contributed by atoms with Crippen LogP contribution < -0.4 is 16.4 Å². The van der Waals surface area contributed by atoms with Crippen molar-refractivity contribution in [2.45, 2.75) is 64.7 Å². The van der Waals surface area contributed by atoms with Crippen molar-refractivity contribution in [3.63, 3.8) is 0 Å². The Balaban J connectivity index is 2.00. The standard InChI is InChI=1S/C17H35N5O/c1-2-3-4-5-6-8-11-20-17(23)21-16(18)19-12-15-22-13-9-7-10-14-22/h2-15H2,1H3,(H4,18,19,20,21,23). The fraction of sp³-hybridized carbons (Fsp3) is 0.882. The molecule has 0 aromatic rings. The molecule has 134 valence electrons. The number of nitrogens with two attached hydrogens (primary N) is 1. The minimum absolute atomic E-state index is 0.211. The van der Waals surface area contributed by atoms with Crippen LogP contribution in [-0.4, -0.2) is 49.6 Å². The number of carbonyl (C=O) groups is 1. The first-order chi connectivity index (χ1) is 11.2. The molecule has 0 aliphatic carbocycles. The van der Waals surface area contributed by atoms with E-state index >= 15 is 0 Å². The molecule has 1 heterocycles. The molecule has 0 radical (unpaired) electrons. The van der Waals surface area contributed by atoms with E-state index in [1.807, 2.05) is 0 Å². The summed E-state index contributed by atoms with van der Waals surface area (Å²) in [5, 5.41) is 5.41. The van der Waals surface area contributed by atoms with Gasteiger partial charge in [0.05, 0.1) is 6.54 Å². The van der Waals surface area contributed by atoms with E-state index < -0.39 is 0 Å². The molecule has 1 saturated heterocycles. The zero-order valence-electron chi connectivity index (χ0n) is 14.8. The molecule has 1 rings (SSSR count). The molecule has 0 spiro atoms. The Hall–Kier alpha value is -1.30. The quantitative estimate of drug-likeness (QED) is 0.328. The van der Waals surface area contributed by atoms with Crippen LogP contribution in [-0.2, 0) is 0 Å². The summed E-state index contributed by atoms with van der Waals surface area (Å²) in [6.45, 7) is 6.78. The van der Waals surface area contributed by atoms with Gasteiger partial charge in [-0.05, 0) is 32.4 Å². The van der Waals surface area contributed by atoms with Gasteiger partial charge < -0.3 is 16.0 Å². The Kier molecular flexibility index (Phi) is 11.3. The number of urea groups is 1. The van der Waals surface area contributed by atoms with Crippen LogP contribution in [0.1, 0.15) is 64.7 Å². The van der Waals surface area contributed by atoms with Crippen LogP contribution in [0.5, 0.6) is 0 Å². The van der Waals surface area contributed by atoms with Crippen LogP contribution >= 0.6 is 0 Å². The van der Waals surface area contributed by atoms with Gasteiger partial charge in [0.15, 0.2) is 5.96 Å². The second-order valence-corrected chi connectivity index (χ2v) is 6.32. The number of guanidine groups is 1. The molecule has 0 aromatic carbocycles. The lowest BCUT2D eigenvalue weighted by Crippen LogP contribution is -2.44. The number of hydrogen-bond donors (Lipinski definition) is 3. The second-order valence-electron chi connectivity index (χ2n) is 6.32. The maximum absolute atomic E-state index is 11.7. The Morgan fingerprint density at radius 1 is 1.09 bits per heavy atom. The monoisotopic (exact) mass is 325 g/mol. The maximum atomic E-state index is 11.7. The number of hydrogen-bond acceptors (Lipinski definition) is 3. The lowest BCUT2D eigenvalue weighted by atomic mass is 10.1. The number of piperidine rings is 1. The van der Waals surface area contributed by atoms with Crippen LogP contribution in [0.15, 0.2) is 4.99 Å². The molecule has 1 aliphatic heterocycles. The van der Waals surface area contributed by atoms with Gasteiger partial charge in [0.1, 0.15) is 0 Å². The molecular weight excluding hydrogens is 290 g/mol. The topological polar surface area (TPSA) is 82.8 Å². The summed E-state index contributed by atoms with van der Waals surface area (Å²) >= 11 is 0. The van der Waals surface area contributed by atoms with Gasteiger partial charge in [-0.3, -0.25) is 10.3 Å². The van der Waals surface area contributed by atoms with Crippen molar-refractivity contribution in [2.24, 2.45) is 10.7 Å². The zero-order valence-corrected chi connectivity index (χ0v) is 14.8. The van der Waals surface area contributed by atoms with Gasteiger partial charge in [-0.15, -0.1) is 0 Å². The number of nitrogens with zero attached hydrogens (tertiary/aromatic N) is 2. The van der Waals surface area contributed by atoms with Gasteiger partial charge in [0.25, 0.3) is 0 Å². The lowest BCUT2D eigenvalue weighted by Gasteiger charge is -2.25. The smallest absolute Gasteiger partial charge is 0.321 e. The third-order valence-corrected chi connectivity index (χ3v) is 4.20. The highest BCUT2D eigenvalue weighted by molar-refractivity contribution is 5.95. The van der Waals surface area contributed by atoms with E-state index in [0.29, 0.717) is 13.1 Å². The molecule has 2 amide bonds. The van der Waals surface area contributed by atoms with Gasteiger partial charge in [-0.2, -0.15) is 0 Å². The number of rotatable bonds is 10. The number of unbranched alkanes of at least 4 members (excludes halogenated alkanes) is 5. The van der Waals surface area contributed by atoms with Crippen LogP contribution in [0, 0.1) is 0 Å². The van der Waals surface area contributed by atoms with Crippen molar-refractivity contribution < 1.29 is 4.79 Å². The molecule has 0 saturated carbocycles. The third-order valence-electron chi connectivity index (χ3n) is 4.20. The summed E-state index contributed by atoms with van der Waals surface area (Å²) in [4.78, 5) is 18.3. The zero-order chi connectivity index (χ0) is 16.8. The highest BCUT2D eigenvalue weighted by atomic mass is 16.2. The predicted molar refractivity (Wildman–Crippen MR) is 96.7 cm³/mol. The molecular formula is C17H35N5O. The number of carbonyl (C=O) groups excluding carboxylic acids is 1. The van der Waals surface area contributed by atoms with Crippen LogP contribution in [0.25, 0.3) is 0 Å². The fourth-order valence-corrected chi connectivity index (χ4v) is 2.80. The van der Waals surface area contributed by atoms with Gasteiger partial charge in [-0.1, -0.05) is 45.4 Å². The van der Waals surface area contributed by atoms with Gasteiger partial charge >= 0.3 is 6.03 Å². The largest absolute Gasteiger partial charge is 0.370 e.